The van der Waals surface area contributed by atoms with E-state index in [2.05, 4.69) is 12.1 Å². The topological polar surface area (TPSA) is 55.6 Å². The van der Waals surface area contributed by atoms with Gasteiger partial charge in [-0.25, -0.2) is 9.18 Å². The predicted molar refractivity (Wildman–Crippen MR) is 92.8 cm³/mol. The molecule has 0 bridgehead atoms. The van der Waals surface area contributed by atoms with E-state index in [0.717, 1.165) is 24.0 Å². The first kappa shape index (κ1) is 16.1. The van der Waals surface area contributed by atoms with Crippen LogP contribution in [0.25, 0.3) is 0 Å². The van der Waals surface area contributed by atoms with Gasteiger partial charge in [-0.3, -0.25) is 4.90 Å². The summed E-state index contributed by atoms with van der Waals surface area (Å²) in [6, 6.07) is 12.8. The number of hydrogen-bond acceptors (Lipinski definition) is 3. The van der Waals surface area contributed by atoms with Gasteiger partial charge >= 0.3 is 6.09 Å². The van der Waals surface area contributed by atoms with E-state index < -0.39 is 6.09 Å². The minimum absolute atomic E-state index is 0.0897. The summed E-state index contributed by atoms with van der Waals surface area (Å²) in [5, 5.41) is 0. The van der Waals surface area contributed by atoms with Crippen LogP contribution in [0.1, 0.15) is 40.6 Å². The van der Waals surface area contributed by atoms with Gasteiger partial charge in [0.1, 0.15) is 5.82 Å². The van der Waals surface area contributed by atoms with Crippen molar-refractivity contribution in [1.82, 2.24) is 4.90 Å². The van der Waals surface area contributed by atoms with Crippen molar-refractivity contribution in [1.29, 1.82) is 0 Å². The molecule has 2 aromatic rings. The number of nitrogens with two attached hydrogens (primary N) is 1. The molecule has 1 aliphatic carbocycles. The Balaban J connectivity index is 1.94. The summed E-state index contributed by atoms with van der Waals surface area (Å²) in [5.74, 6) is -0.198. The van der Waals surface area contributed by atoms with Crippen LogP contribution in [0.5, 0.6) is 0 Å². The van der Waals surface area contributed by atoms with Crippen molar-refractivity contribution in [3.05, 3.63) is 70.5 Å². The van der Waals surface area contributed by atoms with E-state index >= 15 is 0 Å². The number of halogens is 1. The molecule has 0 saturated carbocycles. The zero-order valence-corrected chi connectivity index (χ0v) is 14.1. The van der Waals surface area contributed by atoms with Crippen molar-refractivity contribution < 1.29 is 13.9 Å². The third-order valence-electron chi connectivity index (χ3n) is 5.52. The summed E-state index contributed by atoms with van der Waals surface area (Å²) < 4.78 is 19.1. The molecule has 4 rings (SSSR count). The molecule has 5 heteroatoms. The van der Waals surface area contributed by atoms with Crippen LogP contribution in [-0.2, 0) is 11.2 Å². The third kappa shape index (κ3) is 2.50. The second kappa shape index (κ2) is 6.15. The minimum atomic E-state index is -0.405. The first-order chi connectivity index (χ1) is 12.1. The maximum absolute atomic E-state index is 14.0. The lowest BCUT2D eigenvalue weighted by atomic mass is 9.87. The van der Waals surface area contributed by atoms with Crippen LogP contribution in [0, 0.1) is 5.82 Å². The van der Waals surface area contributed by atoms with Crippen LogP contribution in [0.3, 0.4) is 0 Å². The number of likely N-dealkylation sites (tertiary alicyclic amines) is 1. The third-order valence-corrected chi connectivity index (χ3v) is 5.52. The van der Waals surface area contributed by atoms with E-state index in [0.29, 0.717) is 6.54 Å². The molecule has 2 aromatic carbocycles. The molecule has 130 valence electrons. The number of methoxy groups -OCH3 is 1. The molecule has 2 N–H and O–H groups in total. The van der Waals surface area contributed by atoms with Gasteiger partial charge in [-0.05, 0) is 47.2 Å². The highest BCUT2D eigenvalue weighted by atomic mass is 19.1. The van der Waals surface area contributed by atoms with E-state index in [-0.39, 0.29) is 23.8 Å². The number of carbonyl (C=O) groups is 1. The highest BCUT2D eigenvalue weighted by Crippen LogP contribution is 2.51. The van der Waals surface area contributed by atoms with Crippen molar-refractivity contribution in [3.8, 4) is 0 Å². The molecule has 3 atom stereocenters. The fraction of sp³-hybridized carbons (Fsp3) is 0.350. The van der Waals surface area contributed by atoms with Gasteiger partial charge in [0.15, 0.2) is 0 Å². The fourth-order valence-corrected chi connectivity index (χ4v) is 4.46. The lowest BCUT2D eigenvalue weighted by Gasteiger charge is -2.30. The van der Waals surface area contributed by atoms with E-state index in [9.17, 15) is 9.18 Å². The van der Waals surface area contributed by atoms with Gasteiger partial charge in [0, 0.05) is 18.5 Å². The Kier molecular flexibility index (Phi) is 3.96. The largest absolute Gasteiger partial charge is 0.453 e. The van der Waals surface area contributed by atoms with Crippen LogP contribution in [0.4, 0.5) is 9.18 Å². The van der Waals surface area contributed by atoms with Crippen LogP contribution in [0.15, 0.2) is 42.5 Å². The molecule has 1 heterocycles. The second-order valence-electron chi connectivity index (χ2n) is 6.77. The first-order valence-corrected chi connectivity index (χ1v) is 8.56. The monoisotopic (exact) mass is 340 g/mol. The van der Waals surface area contributed by atoms with Crippen molar-refractivity contribution in [2.24, 2.45) is 5.73 Å². The maximum Gasteiger partial charge on any atom is 0.410 e. The summed E-state index contributed by atoms with van der Waals surface area (Å²) in [5.41, 5.74) is 10.3. The Bertz CT molecular complexity index is 823. The molecule has 4 nitrogen and oxygen atoms in total. The summed E-state index contributed by atoms with van der Waals surface area (Å²) in [7, 11) is 1.38. The first-order valence-electron chi connectivity index (χ1n) is 8.56. The zero-order valence-electron chi connectivity index (χ0n) is 14.1. The molecule has 1 amide bonds. The average Bonchev–Trinajstić information content (AvgIpc) is 2.96. The van der Waals surface area contributed by atoms with Crippen LogP contribution < -0.4 is 5.73 Å². The number of hydrogen-bond donors (Lipinski definition) is 1. The Labute approximate surface area is 146 Å². The molecule has 1 fully saturated rings. The Hall–Kier alpha value is -2.40. The molecular formula is C20H21FN2O2. The highest BCUT2D eigenvalue weighted by molar-refractivity contribution is 5.70. The molecule has 25 heavy (non-hydrogen) atoms. The molecule has 2 aliphatic rings. The second-order valence-corrected chi connectivity index (χ2v) is 6.77. The number of rotatable bonds is 1. The molecule has 0 spiro atoms. The van der Waals surface area contributed by atoms with Gasteiger partial charge in [-0.2, -0.15) is 0 Å². The Morgan fingerprint density at radius 3 is 2.76 bits per heavy atom. The van der Waals surface area contributed by atoms with Crippen molar-refractivity contribution >= 4 is 6.09 Å². The number of ether oxygens (including phenoxy) is 1. The van der Waals surface area contributed by atoms with Gasteiger partial charge in [-0.15, -0.1) is 0 Å². The van der Waals surface area contributed by atoms with Gasteiger partial charge in [0.05, 0.1) is 13.2 Å². The van der Waals surface area contributed by atoms with Gasteiger partial charge < -0.3 is 10.5 Å². The average molecular weight is 340 g/mol. The number of fused-ring (bicyclic) bond motifs is 5. The van der Waals surface area contributed by atoms with E-state index in [1.54, 1.807) is 11.0 Å². The predicted octanol–water partition coefficient (Wildman–Crippen LogP) is 3.35. The molecule has 1 aliphatic heterocycles. The van der Waals surface area contributed by atoms with Crippen LogP contribution >= 0.6 is 0 Å². The number of benzene rings is 2. The van der Waals surface area contributed by atoms with Crippen LogP contribution in [-0.4, -0.2) is 30.7 Å². The van der Waals surface area contributed by atoms with Crippen molar-refractivity contribution in [3.63, 3.8) is 0 Å². The quantitative estimate of drug-likeness (QED) is 0.866. The van der Waals surface area contributed by atoms with Gasteiger partial charge in [0.25, 0.3) is 0 Å². The molecular weight excluding hydrogens is 319 g/mol. The summed E-state index contributed by atoms with van der Waals surface area (Å²) in [4.78, 5) is 14.2. The lowest BCUT2D eigenvalue weighted by molar-refractivity contribution is 0.102. The fourth-order valence-electron chi connectivity index (χ4n) is 4.46. The Morgan fingerprint density at radius 2 is 2.00 bits per heavy atom. The summed E-state index contributed by atoms with van der Waals surface area (Å²) in [6.45, 7) is 0.356. The number of amides is 1. The highest BCUT2D eigenvalue weighted by Gasteiger charge is 2.47. The minimum Gasteiger partial charge on any atom is -0.453 e. The smallest absolute Gasteiger partial charge is 0.410 e. The van der Waals surface area contributed by atoms with Crippen molar-refractivity contribution in [2.75, 3.05) is 13.7 Å². The zero-order chi connectivity index (χ0) is 17.6. The summed E-state index contributed by atoms with van der Waals surface area (Å²) >= 11 is 0. The lowest BCUT2D eigenvalue weighted by Crippen LogP contribution is -2.41. The molecule has 1 saturated heterocycles. The molecule has 0 unspecified atom stereocenters. The number of carbonyl (C=O) groups excluding carboxylic acids is 1. The van der Waals surface area contributed by atoms with Gasteiger partial charge in [-0.1, -0.05) is 30.3 Å². The Morgan fingerprint density at radius 1 is 1.24 bits per heavy atom. The SMILES string of the molecule is COC(=O)N1[C@@H](CN)C[C@@H]2c3ccccc3Cc3ccc(F)cc3[C@H]21. The van der Waals surface area contributed by atoms with E-state index in [1.165, 1.54) is 24.3 Å². The standard InChI is InChI=1S/C20H21FN2O2/c1-25-20(24)23-15(11-22)10-18-16-5-3-2-4-12(16)8-13-6-7-14(21)9-17(13)19(18)23/h2-7,9,15,18-19H,8,10-11,22H2,1H3/t15-,18-,19-/m1/s1. The number of nitrogens with zero attached hydrogens (tertiary/aromatic N) is 1. The van der Waals surface area contributed by atoms with Crippen molar-refractivity contribution in [2.45, 2.75) is 30.8 Å². The normalized spacial score (nSPS) is 24.1. The van der Waals surface area contributed by atoms with Gasteiger partial charge in [0.2, 0.25) is 0 Å². The van der Waals surface area contributed by atoms with E-state index in [4.69, 9.17) is 10.5 Å². The molecule has 0 aromatic heterocycles. The van der Waals surface area contributed by atoms with E-state index in [1.807, 2.05) is 18.2 Å². The maximum atomic E-state index is 14.0. The summed E-state index contributed by atoms with van der Waals surface area (Å²) in [6.07, 6.45) is 1.09. The molecule has 0 radical (unpaired) electrons. The van der Waals surface area contributed by atoms with Crippen LogP contribution in [0.2, 0.25) is 0 Å².